The molecule has 2 heterocycles. The Bertz CT molecular complexity index is 478. The van der Waals surface area contributed by atoms with E-state index in [2.05, 4.69) is 24.1 Å². The van der Waals surface area contributed by atoms with E-state index in [-0.39, 0.29) is 18.3 Å². The Kier molecular flexibility index (Phi) is 4.04. The van der Waals surface area contributed by atoms with Gasteiger partial charge in [0.25, 0.3) is 0 Å². The standard InChI is InChI=1S/C12H17N3O3S/c1-7-4-15(5-8(7)2)12(18)13-3-10-14-9(6-19-10)11(16)17/h6-8H,3-5H2,1-2H3,(H,13,18)(H,16,17). The van der Waals surface area contributed by atoms with Crippen LogP contribution in [0.5, 0.6) is 0 Å². The Morgan fingerprint density at radius 2 is 2.11 bits per heavy atom. The molecule has 2 N–H and O–H groups in total. The summed E-state index contributed by atoms with van der Waals surface area (Å²) in [7, 11) is 0. The normalized spacial score (nSPS) is 22.5. The maximum Gasteiger partial charge on any atom is 0.355 e. The molecule has 19 heavy (non-hydrogen) atoms. The number of carbonyl (C=O) groups excluding carboxylic acids is 1. The molecule has 0 aromatic carbocycles. The maximum atomic E-state index is 11.9. The number of hydrogen-bond acceptors (Lipinski definition) is 4. The second-order valence-electron chi connectivity index (χ2n) is 4.95. The summed E-state index contributed by atoms with van der Waals surface area (Å²) in [5, 5.41) is 13.6. The maximum absolute atomic E-state index is 11.9. The van der Waals surface area contributed by atoms with E-state index in [1.54, 1.807) is 4.90 Å². The molecule has 104 valence electrons. The molecule has 1 aliphatic rings. The lowest BCUT2D eigenvalue weighted by Gasteiger charge is -2.16. The highest BCUT2D eigenvalue weighted by molar-refractivity contribution is 7.09. The molecule has 2 rings (SSSR count). The lowest BCUT2D eigenvalue weighted by atomic mass is 10.0. The Hall–Kier alpha value is -1.63. The van der Waals surface area contributed by atoms with Crippen molar-refractivity contribution in [3.05, 3.63) is 16.1 Å². The SMILES string of the molecule is CC1CN(C(=O)NCc2nc(C(=O)O)cs2)CC1C. The third kappa shape index (κ3) is 3.23. The topological polar surface area (TPSA) is 82.5 Å². The average Bonchev–Trinajstić information content (AvgIpc) is 2.94. The predicted octanol–water partition coefficient (Wildman–Crippen LogP) is 1.64. The number of nitrogens with zero attached hydrogens (tertiary/aromatic N) is 2. The third-order valence-corrected chi connectivity index (χ3v) is 4.29. The highest BCUT2D eigenvalue weighted by Crippen LogP contribution is 2.21. The van der Waals surface area contributed by atoms with Gasteiger partial charge in [0, 0.05) is 18.5 Å². The number of thiazole rings is 1. The number of amides is 2. The smallest absolute Gasteiger partial charge is 0.355 e. The van der Waals surface area contributed by atoms with Crippen molar-refractivity contribution >= 4 is 23.3 Å². The van der Waals surface area contributed by atoms with Crippen LogP contribution in [0.25, 0.3) is 0 Å². The molecule has 6 nitrogen and oxygen atoms in total. The molecule has 0 bridgehead atoms. The van der Waals surface area contributed by atoms with Gasteiger partial charge >= 0.3 is 12.0 Å². The van der Waals surface area contributed by atoms with Gasteiger partial charge in [-0.3, -0.25) is 0 Å². The number of carbonyl (C=O) groups is 2. The minimum atomic E-state index is -1.05. The quantitative estimate of drug-likeness (QED) is 0.883. The van der Waals surface area contributed by atoms with E-state index in [1.807, 2.05) is 0 Å². The number of hydrogen-bond donors (Lipinski definition) is 2. The number of carboxylic acid groups (broad SMARTS) is 1. The molecule has 0 aliphatic carbocycles. The van der Waals surface area contributed by atoms with Gasteiger partial charge in [-0.1, -0.05) is 13.8 Å². The van der Waals surface area contributed by atoms with E-state index in [0.717, 1.165) is 13.1 Å². The van der Waals surface area contributed by atoms with Crippen LogP contribution in [0.3, 0.4) is 0 Å². The summed E-state index contributed by atoms with van der Waals surface area (Å²) in [6, 6.07) is -0.108. The largest absolute Gasteiger partial charge is 0.476 e. The zero-order valence-electron chi connectivity index (χ0n) is 10.9. The summed E-state index contributed by atoms with van der Waals surface area (Å²) in [6.07, 6.45) is 0. The van der Waals surface area contributed by atoms with Gasteiger partial charge in [0.2, 0.25) is 0 Å². The van der Waals surface area contributed by atoms with Crippen molar-refractivity contribution in [2.45, 2.75) is 20.4 Å². The van der Waals surface area contributed by atoms with Crippen molar-refractivity contribution in [2.24, 2.45) is 11.8 Å². The molecule has 0 radical (unpaired) electrons. The molecule has 7 heteroatoms. The molecule has 0 saturated carbocycles. The molecule has 2 unspecified atom stereocenters. The number of rotatable bonds is 3. The molecule has 1 saturated heterocycles. The van der Waals surface area contributed by atoms with Crippen molar-refractivity contribution in [1.29, 1.82) is 0 Å². The molecule has 2 amide bonds. The fourth-order valence-electron chi connectivity index (χ4n) is 2.05. The molecule has 1 aliphatic heterocycles. The average molecular weight is 283 g/mol. The van der Waals surface area contributed by atoms with Crippen LogP contribution in [-0.4, -0.2) is 40.1 Å². The van der Waals surface area contributed by atoms with Gasteiger partial charge in [-0.2, -0.15) is 0 Å². The van der Waals surface area contributed by atoms with Gasteiger partial charge in [0.15, 0.2) is 5.69 Å². The second kappa shape index (κ2) is 5.56. The van der Waals surface area contributed by atoms with Crippen molar-refractivity contribution < 1.29 is 14.7 Å². The summed E-state index contributed by atoms with van der Waals surface area (Å²) in [5.74, 6) is -0.00975. The number of urea groups is 1. The third-order valence-electron chi connectivity index (χ3n) is 3.44. The van der Waals surface area contributed by atoms with Gasteiger partial charge in [-0.05, 0) is 11.8 Å². The lowest BCUT2D eigenvalue weighted by molar-refractivity contribution is 0.0691. The van der Waals surface area contributed by atoms with Crippen LogP contribution in [0.2, 0.25) is 0 Å². The predicted molar refractivity (Wildman–Crippen MR) is 71.2 cm³/mol. The molecule has 0 spiro atoms. The monoisotopic (exact) mass is 283 g/mol. The van der Waals surface area contributed by atoms with Crippen molar-refractivity contribution in [1.82, 2.24) is 15.2 Å². The van der Waals surface area contributed by atoms with Crippen LogP contribution in [0.4, 0.5) is 4.79 Å². The fraction of sp³-hybridized carbons (Fsp3) is 0.583. The molecular weight excluding hydrogens is 266 g/mol. The molecule has 1 aromatic heterocycles. The Morgan fingerprint density at radius 1 is 1.47 bits per heavy atom. The summed E-state index contributed by atoms with van der Waals surface area (Å²) in [4.78, 5) is 28.3. The number of likely N-dealkylation sites (tertiary alicyclic amines) is 1. The van der Waals surface area contributed by atoms with Gasteiger partial charge in [-0.15, -0.1) is 11.3 Å². The number of carboxylic acids is 1. The van der Waals surface area contributed by atoms with E-state index < -0.39 is 5.97 Å². The van der Waals surface area contributed by atoms with Crippen LogP contribution < -0.4 is 5.32 Å². The first-order chi connectivity index (χ1) is 8.97. The van der Waals surface area contributed by atoms with Gasteiger partial charge in [-0.25, -0.2) is 14.6 Å². The van der Waals surface area contributed by atoms with Crippen molar-refractivity contribution in [3.8, 4) is 0 Å². The van der Waals surface area contributed by atoms with Gasteiger partial charge < -0.3 is 15.3 Å². The summed E-state index contributed by atoms with van der Waals surface area (Å²) in [6.45, 7) is 6.09. The molecular formula is C12H17N3O3S. The summed E-state index contributed by atoms with van der Waals surface area (Å²) in [5.41, 5.74) is 0.0256. The molecule has 1 fully saturated rings. The highest BCUT2D eigenvalue weighted by atomic mass is 32.1. The number of aromatic nitrogens is 1. The lowest BCUT2D eigenvalue weighted by Crippen LogP contribution is -2.38. The Labute approximate surface area is 115 Å². The van der Waals surface area contributed by atoms with Crippen LogP contribution >= 0.6 is 11.3 Å². The van der Waals surface area contributed by atoms with E-state index in [9.17, 15) is 9.59 Å². The van der Waals surface area contributed by atoms with Crippen molar-refractivity contribution in [2.75, 3.05) is 13.1 Å². The number of aromatic carboxylic acids is 1. The minimum Gasteiger partial charge on any atom is -0.476 e. The van der Waals surface area contributed by atoms with Crippen LogP contribution in [-0.2, 0) is 6.54 Å². The van der Waals surface area contributed by atoms with Crippen molar-refractivity contribution in [3.63, 3.8) is 0 Å². The Balaban J connectivity index is 1.85. The molecule has 2 atom stereocenters. The minimum absolute atomic E-state index is 0.0256. The van der Waals surface area contributed by atoms with Crippen LogP contribution in [0, 0.1) is 11.8 Å². The van der Waals surface area contributed by atoms with Gasteiger partial charge in [0.05, 0.1) is 6.54 Å². The van der Waals surface area contributed by atoms with Crippen LogP contribution in [0.1, 0.15) is 29.3 Å². The Morgan fingerprint density at radius 3 is 2.63 bits per heavy atom. The van der Waals surface area contributed by atoms with Crippen LogP contribution in [0.15, 0.2) is 5.38 Å². The van der Waals surface area contributed by atoms with Gasteiger partial charge in [0.1, 0.15) is 5.01 Å². The zero-order valence-corrected chi connectivity index (χ0v) is 11.7. The summed E-state index contributed by atoms with van der Waals surface area (Å²) < 4.78 is 0. The van der Waals surface area contributed by atoms with E-state index in [4.69, 9.17) is 5.11 Å². The second-order valence-corrected chi connectivity index (χ2v) is 5.89. The van der Waals surface area contributed by atoms with E-state index in [1.165, 1.54) is 16.7 Å². The molecule has 1 aromatic rings. The first-order valence-corrected chi connectivity index (χ1v) is 7.05. The number of nitrogens with one attached hydrogen (secondary N) is 1. The van der Waals surface area contributed by atoms with E-state index >= 15 is 0 Å². The summed E-state index contributed by atoms with van der Waals surface area (Å²) >= 11 is 1.24. The fourth-order valence-corrected chi connectivity index (χ4v) is 2.76. The first-order valence-electron chi connectivity index (χ1n) is 6.18. The first kappa shape index (κ1) is 13.8. The zero-order chi connectivity index (χ0) is 14.0. The highest BCUT2D eigenvalue weighted by Gasteiger charge is 2.29. The van der Waals surface area contributed by atoms with E-state index in [0.29, 0.717) is 16.8 Å².